The van der Waals surface area contributed by atoms with E-state index < -0.39 is 0 Å². The molecule has 0 spiro atoms. The number of hydrogen-bond acceptors (Lipinski definition) is 4. The Hall–Kier alpha value is -3.08. The predicted molar refractivity (Wildman–Crippen MR) is 212 cm³/mol. The highest BCUT2D eigenvalue weighted by molar-refractivity contribution is 7.99. The number of fused-ring (bicyclic) bond motifs is 2. The van der Waals surface area contributed by atoms with E-state index in [0.29, 0.717) is 0 Å². The van der Waals surface area contributed by atoms with Crippen molar-refractivity contribution in [3.8, 4) is 11.5 Å². The Kier molecular flexibility index (Phi) is 15.9. The normalized spacial score (nSPS) is 11.4. The third-order valence-corrected chi connectivity index (χ3v) is 11.2. The summed E-state index contributed by atoms with van der Waals surface area (Å²) < 4.78 is 13.3. The highest BCUT2D eigenvalue weighted by Gasteiger charge is 2.16. The quantitative estimate of drug-likeness (QED) is 0.0389. The molecule has 48 heavy (non-hydrogen) atoms. The Morgan fingerprint density at radius 3 is 1.33 bits per heavy atom. The third-order valence-electron chi connectivity index (χ3n) is 8.99. The zero-order valence-corrected chi connectivity index (χ0v) is 30.6. The minimum Gasteiger partial charge on any atom is -0.492 e. The molecule has 0 saturated carbocycles. The molecule has 0 aliphatic heterocycles. The summed E-state index contributed by atoms with van der Waals surface area (Å²) in [4.78, 5) is 2.76. The van der Waals surface area contributed by atoms with E-state index in [9.17, 15) is 0 Å². The lowest BCUT2D eigenvalue weighted by atomic mass is 9.98. The van der Waals surface area contributed by atoms with Crippen molar-refractivity contribution in [1.29, 1.82) is 0 Å². The molecule has 0 N–H and O–H groups in total. The van der Waals surface area contributed by atoms with Crippen molar-refractivity contribution in [2.75, 3.05) is 24.7 Å². The molecule has 0 aliphatic rings. The SMILES string of the molecule is CCc1ccc2c(OCCCCCCCCSc3ccccc3)c3ccccc3c(OCCCCCCCCSc3ccccc3)c2c1. The van der Waals surface area contributed by atoms with Crippen molar-refractivity contribution in [1.82, 2.24) is 0 Å². The third kappa shape index (κ3) is 11.5. The molecule has 0 saturated heterocycles. The van der Waals surface area contributed by atoms with Gasteiger partial charge in [0, 0.05) is 31.3 Å². The van der Waals surface area contributed by atoms with Crippen LogP contribution in [-0.4, -0.2) is 24.7 Å². The average Bonchev–Trinajstić information content (AvgIpc) is 3.14. The van der Waals surface area contributed by atoms with Crippen LogP contribution in [0.4, 0.5) is 0 Å². The van der Waals surface area contributed by atoms with Crippen LogP contribution in [-0.2, 0) is 6.42 Å². The molecule has 0 aliphatic carbocycles. The highest BCUT2D eigenvalue weighted by atomic mass is 32.2. The van der Waals surface area contributed by atoms with Gasteiger partial charge >= 0.3 is 0 Å². The van der Waals surface area contributed by atoms with Gasteiger partial charge in [0.1, 0.15) is 11.5 Å². The Bertz CT molecular complexity index is 1620. The molecule has 0 amide bonds. The van der Waals surface area contributed by atoms with Gasteiger partial charge in [-0.25, -0.2) is 0 Å². The maximum atomic E-state index is 6.64. The Labute approximate surface area is 298 Å². The van der Waals surface area contributed by atoms with E-state index in [4.69, 9.17) is 9.47 Å². The molecule has 0 bridgehead atoms. The van der Waals surface area contributed by atoms with Gasteiger partial charge in [-0.05, 0) is 79.5 Å². The summed E-state index contributed by atoms with van der Waals surface area (Å²) in [5.74, 6) is 4.45. The van der Waals surface area contributed by atoms with Crippen molar-refractivity contribution < 1.29 is 9.47 Å². The van der Waals surface area contributed by atoms with Gasteiger partial charge in [0.25, 0.3) is 0 Å². The first-order chi connectivity index (χ1) is 23.8. The molecule has 2 nitrogen and oxygen atoms in total. The molecule has 254 valence electrons. The van der Waals surface area contributed by atoms with Gasteiger partial charge in [-0.1, -0.05) is 131 Å². The number of ether oxygens (including phenoxy) is 2. The molecule has 4 heteroatoms. The number of aryl methyl sites for hydroxylation is 1. The summed E-state index contributed by atoms with van der Waals surface area (Å²) in [5.41, 5.74) is 1.33. The summed E-state index contributed by atoms with van der Waals surface area (Å²) in [6.45, 7) is 3.73. The number of benzene rings is 5. The second-order valence-corrected chi connectivity index (χ2v) is 15.0. The molecular formula is C44H54O2S2. The lowest BCUT2D eigenvalue weighted by Crippen LogP contribution is -2.03. The molecule has 5 aromatic carbocycles. The van der Waals surface area contributed by atoms with Crippen molar-refractivity contribution in [3.63, 3.8) is 0 Å². The van der Waals surface area contributed by atoms with E-state index in [1.165, 1.54) is 102 Å². The molecule has 0 heterocycles. The van der Waals surface area contributed by atoms with Gasteiger partial charge in [-0.3, -0.25) is 0 Å². The monoisotopic (exact) mass is 678 g/mol. The van der Waals surface area contributed by atoms with E-state index in [2.05, 4.69) is 110 Å². The molecule has 0 aromatic heterocycles. The molecule has 0 unspecified atom stereocenters. The van der Waals surface area contributed by atoms with E-state index in [1.807, 2.05) is 23.5 Å². The van der Waals surface area contributed by atoms with Crippen LogP contribution in [0.5, 0.6) is 11.5 Å². The topological polar surface area (TPSA) is 18.5 Å². The fourth-order valence-corrected chi connectivity index (χ4v) is 8.13. The predicted octanol–water partition coefficient (Wildman–Crippen LogP) is 13.6. The summed E-state index contributed by atoms with van der Waals surface area (Å²) in [5, 5.41) is 4.68. The lowest BCUT2D eigenvalue weighted by Gasteiger charge is -2.18. The number of hydrogen-bond donors (Lipinski definition) is 0. The van der Waals surface area contributed by atoms with Crippen LogP contribution in [0.1, 0.15) is 89.5 Å². The van der Waals surface area contributed by atoms with Crippen molar-refractivity contribution in [2.45, 2.75) is 100 Å². The second kappa shape index (κ2) is 21.1. The molecule has 0 atom stereocenters. The Morgan fingerprint density at radius 2 is 0.833 bits per heavy atom. The smallest absolute Gasteiger partial charge is 0.135 e. The summed E-state index contributed by atoms with van der Waals surface area (Å²) >= 11 is 3.95. The lowest BCUT2D eigenvalue weighted by molar-refractivity contribution is 0.306. The first kappa shape index (κ1) is 36.2. The van der Waals surface area contributed by atoms with Crippen LogP contribution >= 0.6 is 23.5 Å². The highest BCUT2D eigenvalue weighted by Crippen LogP contribution is 2.43. The minimum atomic E-state index is 0.754. The van der Waals surface area contributed by atoms with Crippen LogP contribution in [0.15, 0.2) is 113 Å². The van der Waals surface area contributed by atoms with E-state index in [-0.39, 0.29) is 0 Å². The van der Waals surface area contributed by atoms with Gasteiger partial charge in [0.05, 0.1) is 13.2 Å². The number of rotatable bonds is 23. The second-order valence-electron chi connectivity index (χ2n) is 12.7. The first-order valence-electron chi connectivity index (χ1n) is 18.4. The number of thioether (sulfide) groups is 2. The van der Waals surface area contributed by atoms with Crippen molar-refractivity contribution >= 4 is 45.1 Å². The van der Waals surface area contributed by atoms with Gasteiger partial charge in [-0.2, -0.15) is 0 Å². The van der Waals surface area contributed by atoms with Gasteiger partial charge in [0.15, 0.2) is 0 Å². The molecule has 0 fully saturated rings. The number of unbranched alkanes of at least 4 members (excludes halogenated alkanes) is 10. The van der Waals surface area contributed by atoms with E-state index in [1.54, 1.807) is 0 Å². The van der Waals surface area contributed by atoms with Crippen LogP contribution in [0.3, 0.4) is 0 Å². The summed E-state index contributed by atoms with van der Waals surface area (Å²) in [6.07, 6.45) is 16.0. The first-order valence-corrected chi connectivity index (χ1v) is 20.4. The molecule has 5 rings (SSSR count). The maximum absolute atomic E-state index is 6.64. The zero-order valence-electron chi connectivity index (χ0n) is 29.0. The average molecular weight is 679 g/mol. The zero-order chi connectivity index (χ0) is 33.1. The van der Waals surface area contributed by atoms with Gasteiger partial charge < -0.3 is 9.47 Å². The minimum absolute atomic E-state index is 0.754. The maximum Gasteiger partial charge on any atom is 0.135 e. The van der Waals surface area contributed by atoms with Gasteiger partial charge in [-0.15, -0.1) is 23.5 Å². The van der Waals surface area contributed by atoms with Crippen LogP contribution in [0, 0.1) is 0 Å². The van der Waals surface area contributed by atoms with E-state index in [0.717, 1.165) is 54.7 Å². The van der Waals surface area contributed by atoms with Crippen LogP contribution in [0.2, 0.25) is 0 Å². The molecule has 0 radical (unpaired) electrons. The fraction of sp³-hybridized carbons (Fsp3) is 0.409. The summed E-state index contributed by atoms with van der Waals surface area (Å²) in [7, 11) is 0. The molecular weight excluding hydrogens is 625 g/mol. The van der Waals surface area contributed by atoms with Crippen LogP contribution < -0.4 is 9.47 Å². The summed E-state index contributed by atoms with van der Waals surface area (Å²) in [6, 6.07) is 37.0. The van der Waals surface area contributed by atoms with Crippen molar-refractivity contribution in [2.24, 2.45) is 0 Å². The fourth-order valence-electron chi connectivity index (χ4n) is 6.26. The Morgan fingerprint density at radius 1 is 0.417 bits per heavy atom. The molecule has 5 aromatic rings. The van der Waals surface area contributed by atoms with Crippen LogP contribution in [0.25, 0.3) is 21.5 Å². The largest absolute Gasteiger partial charge is 0.492 e. The van der Waals surface area contributed by atoms with Crippen molar-refractivity contribution in [3.05, 3.63) is 109 Å². The van der Waals surface area contributed by atoms with Gasteiger partial charge in [0.2, 0.25) is 0 Å². The Balaban J connectivity index is 1.07. The standard InChI is InChI=1S/C44H54O2S2/c1-2-36-29-30-41-42(35-36)44(46-32-20-8-4-6-10-22-34-48-38-25-15-12-16-26-38)40-28-18-17-27-39(40)43(41)45-31-19-7-3-5-9-21-33-47-37-23-13-11-14-24-37/h11-18,23-30,35H,2-10,19-22,31-34H2,1H3. The van der Waals surface area contributed by atoms with E-state index >= 15 is 0 Å².